The fourth-order valence-corrected chi connectivity index (χ4v) is 4.99. The summed E-state index contributed by atoms with van der Waals surface area (Å²) in [6, 6.07) is 12.5. The minimum Gasteiger partial charge on any atom is -0.487 e. The van der Waals surface area contributed by atoms with Crippen molar-refractivity contribution in [2.45, 2.75) is 19.4 Å². The van der Waals surface area contributed by atoms with Crippen molar-refractivity contribution in [1.29, 1.82) is 0 Å². The maximum atomic E-state index is 12.2. The lowest BCUT2D eigenvalue weighted by molar-refractivity contribution is 0.0937. The topological polar surface area (TPSA) is 64.1 Å². The van der Waals surface area contributed by atoms with Crippen LogP contribution in [-0.4, -0.2) is 28.5 Å². The number of hydrogen-bond donors (Lipinski definition) is 1. The molecule has 7 heteroatoms. The lowest BCUT2D eigenvalue weighted by Crippen LogP contribution is -2.34. The van der Waals surface area contributed by atoms with E-state index in [4.69, 9.17) is 9.72 Å². The number of para-hydroxylation sites is 1. The molecule has 0 spiro atoms. The standard InChI is InChI=1S/C21H17N3O2S2/c1-12-6-13-8-14(9-23-20(25)18-10-22-11-27-18)26-19(13)15(7-12)21-24-16-4-2-3-5-17(16)28-21/h2-7,10-11,14H,8-9H2,1H3,(H,23,25)/t14-/m1/s1. The lowest BCUT2D eigenvalue weighted by atomic mass is 10.0. The van der Waals surface area contributed by atoms with Crippen molar-refractivity contribution in [2.24, 2.45) is 0 Å². The normalized spacial score (nSPS) is 15.4. The van der Waals surface area contributed by atoms with Gasteiger partial charge in [-0.3, -0.25) is 9.78 Å². The number of hydrogen-bond acceptors (Lipinski definition) is 6. The number of thiazole rings is 2. The zero-order valence-electron chi connectivity index (χ0n) is 15.1. The Balaban J connectivity index is 1.40. The summed E-state index contributed by atoms with van der Waals surface area (Å²) in [5, 5.41) is 3.92. The molecule has 0 unspecified atom stereocenters. The van der Waals surface area contributed by atoms with Crippen LogP contribution in [0.3, 0.4) is 0 Å². The van der Waals surface area contributed by atoms with Crippen LogP contribution in [-0.2, 0) is 6.42 Å². The third-order valence-electron chi connectivity index (χ3n) is 4.71. The van der Waals surface area contributed by atoms with Crippen LogP contribution < -0.4 is 10.1 Å². The van der Waals surface area contributed by atoms with E-state index in [9.17, 15) is 4.79 Å². The minimum atomic E-state index is -0.107. The highest BCUT2D eigenvalue weighted by atomic mass is 32.1. The Morgan fingerprint density at radius 1 is 1.32 bits per heavy atom. The molecule has 0 fully saturated rings. The molecule has 0 aliphatic carbocycles. The fraction of sp³-hybridized carbons (Fsp3) is 0.190. The van der Waals surface area contributed by atoms with Crippen molar-refractivity contribution in [2.75, 3.05) is 6.54 Å². The molecule has 2 aromatic heterocycles. The van der Waals surface area contributed by atoms with Gasteiger partial charge in [0.2, 0.25) is 0 Å². The molecule has 1 atom stereocenters. The summed E-state index contributed by atoms with van der Waals surface area (Å²) in [4.78, 5) is 21.5. The molecule has 0 bridgehead atoms. The zero-order chi connectivity index (χ0) is 19.1. The molecule has 1 amide bonds. The van der Waals surface area contributed by atoms with E-state index in [2.05, 4.69) is 35.4 Å². The van der Waals surface area contributed by atoms with Gasteiger partial charge in [0.15, 0.2) is 0 Å². The number of fused-ring (bicyclic) bond motifs is 2. The molecule has 1 aliphatic heterocycles. The number of amides is 1. The second-order valence-corrected chi connectivity index (χ2v) is 8.72. The summed E-state index contributed by atoms with van der Waals surface area (Å²) in [7, 11) is 0. The van der Waals surface area contributed by atoms with Crippen molar-refractivity contribution < 1.29 is 9.53 Å². The van der Waals surface area contributed by atoms with Crippen molar-refractivity contribution in [1.82, 2.24) is 15.3 Å². The van der Waals surface area contributed by atoms with Gasteiger partial charge in [-0.25, -0.2) is 4.98 Å². The van der Waals surface area contributed by atoms with Crippen LogP contribution in [0.4, 0.5) is 0 Å². The summed E-state index contributed by atoms with van der Waals surface area (Å²) in [5.74, 6) is 0.784. The van der Waals surface area contributed by atoms with E-state index in [0.717, 1.165) is 28.3 Å². The van der Waals surface area contributed by atoms with Gasteiger partial charge in [-0.1, -0.05) is 18.2 Å². The zero-order valence-corrected chi connectivity index (χ0v) is 16.8. The molecule has 3 heterocycles. The Morgan fingerprint density at radius 2 is 2.21 bits per heavy atom. The van der Waals surface area contributed by atoms with E-state index >= 15 is 0 Å². The molecule has 2 aromatic carbocycles. The van der Waals surface area contributed by atoms with E-state index in [1.165, 1.54) is 27.2 Å². The summed E-state index contributed by atoms with van der Waals surface area (Å²) < 4.78 is 7.42. The average Bonchev–Trinajstić information content (AvgIpc) is 3.43. The van der Waals surface area contributed by atoms with Gasteiger partial charge in [0.05, 0.1) is 34.0 Å². The molecule has 5 nitrogen and oxygen atoms in total. The molecule has 5 rings (SSSR count). The molecule has 28 heavy (non-hydrogen) atoms. The highest BCUT2D eigenvalue weighted by Crippen LogP contribution is 2.42. The molecular formula is C21H17N3O2S2. The second-order valence-electron chi connectivity index (χ2n) is 6.81. The van der Waals surface area contributed by atoms with Crippen LogP contribution in [0.5, 0.6) is 5.75 Å². The van der Waals surface area contributed by atoms with Crippen molar-refractivity contribution in [3.8, 4) is 16.3 Å². The number of rotatable bonds is 4. The van der Waals surface area contributed by atoms with Crippen molar-refractivity contribution >= 4 is 38.8 Å². The first-order valence-electron chi connectivity index (χ1n) is 9.00. The first kappa shape index (κ1) is 17.3. The maximum Gasteiger partial charge on any atom is 0.263 e. The number of aromatic nitrogens is 2. The average molecular weight is 408 g/mol. The van der Waals surface area contributed by atoms with Gasteiger partial charge in [-0.05, 0) is 36.2 Å². The van der Waals surface area contributed by atoms with Crippen LogP contribution >= 0.6 is 22.7 Å². The Kier molecular flexibility index (Phi) is 4.33. The van der Waals surface area contributed by atoms with Crippen LogP contribution in [0.15, 0.2) is 48.1 Å². The lowest BCUT2D eigenvalue weighted by Gasteiger charge is -2.12. The first-order valence-corrected chi connectivity index (χ1v) is 10.7. The van der Waals surface area contributed by atoms with Gasteiger partial charge < -0.3 is 10.1 Å². The smallest absolute Gasteiger partial charge is 0.263 e. The van der Waals surface area contributed by atoms with E-state index in [0.29, 0.717) is 11.4 Å². The summed E-state index contributed by atoms with van der Waals surface area (Å²) in [5.41, 5.74) is 6.05. The molecule has 0 saturated heterocycles. The van der Waals surface area contributed by atoms with E-state index < -0.39 is 0 Å². The van der Waals surface area contributed by atoms with Gasteiger partial charge in [-0.2, -0.15) is 0 Å². The van der Waals surface area contributed by atoms with Crippen molar-refractivity contribution in [3.05, 3.63) is 64.1 Å². The Morgan fingerprint density at radius 3 is 3.04 bits per heavy atom. The quantitative estimate of drug-likeness (QED) is 0.542. The number of ether oxygens (including phenoxy) is 1. The van der Waals surface area contributed by atoms with Crippen LogP contribution in [0, 0.1) is 6.92 Å². The van der Waals surface area contributed by atoms with Crippen LogP contribution in [0.2, 0.25) is 0 Å². The van der Waals surface area contributed by atoms with Gasteiger partial charge in [0, 0.05) is 6.42 Å². The number of carbonyl (C=O) groups is 1. The van der Waals surface area contributed by atoms with Crippen molar-refractivity contribution in [3.63, 3.8) is 0 Å². The predicted molar refractivity (Wildman–Crippen MR) is 112 cm³/mol. The maximum absolute atomic E-state index is 12.2. The predicted octanol–water partition coefficient (Wildman–Crippen LogP) is 4.46. The van der Waals surface area contributed by atoms with Gasteiger partial charge in [0.1, 0.15) is 21.7 Å². The Labute approximate surface area is 170 Å². The Hall–Kier alpha value is -2.77. The van der Waals surface area contributed by atoms with E-state index in [1.54, 1.807) is 23.0 Å². The first-order chi connectivity index (χ1) is 13.7. The number of nitrogens with zero attached hydrogens (tertiary/aromatic N) is 2. The summed E-state index contributed by atoms with van der Waals surface area (Å²) in [6.45, 7) is 2.56. The molecular weight excluding hydrogens is 390 g/mol. The SMILES string of the molecule is Cc1cc2c(c(-c3nc4ccccc4s3)c1)O[C@@H](CNC(=O)c1cncs1)C2. The third kappa shape index (κ3) is 3.16. The minimum absolute atomic E-state index is 0.0817. The number of nitrogens with one attached hydrogen (secondary N) is 1. The third-order valence-corrected chi connectivity index (χ3v) is 6.55. The highest BCUT2D eigenvalue weighted by molar-refractivity contribution is 7.21. The molecule has 4 aromatic rings. The molecule has 1 N–H and O–H groups in total. The van der Waals surface area contributed by atoms with Gasteiger partial charge >= 0.3 is 0 Å². The fourth-order valence-electron chi connectivity index (χ4n) is 3.47. The van der Waals surface area contributed by atoms with Gasteiger partial charge in [-0.15, -0.1) is 22.7 Å². The number of carbonyl (C=O) groups excluding carboxylic acids is 1. The largest absolute Gasteiger partial charge is 0.487 e. The van der Waals surface area contributed by atoms with E-state index in [1.807, 2.05) is 18.2 Å². The molecule has 140 valence electrons. The summed E-state index contributed by atoms with van der Waals surface area (Å²) in [6.07, 6.45) is 2.28. The van der Waals surface area contributed by atoms with Crippen LogP contribution in [0.25, 0.3) is 20.8 Å². The molecule has 1 aliphatic rings. The Bertz CT molecular complexity index is 1130. The monoisotopic (exact) mass is 407 g/mol. The number of aryl methyl sites for hydroxylation is 1. The highest BCUT2D eigenvalue weighted by Gasteiger charge is 2.28. The van der Waals surface area contributed by atoms with Crippen LogP contribution in [0.1, 0.15) is 20.8 Å². The second kappa shape index (κ2) is 7.00. The van der Waals surface area contributed by atoms with E-state index in [-0.39, 0.29) is 12.0 Å². The molecule has 0 saturated carbocycles. The van der Waals surface area contributed by atoms with Gasteiger partial charge in [0.25, 0.3) is 5.91 Å². The molecule has 0 radical (unpaired) electrons. The summed E-state index contributed by atoms with van der Waals surface area (Å²) >= 11 is 3.01. The number of benzene rings is 2.